The summed E-state index contributed by atoms with van der Waals surface area (Å²) in [5.74, 6) is 1.59. The van der Waals surface area contributed by atoms with Gasteiger partial charge >= 0.3 is 0 Å². The maximum absolute atomic E-state index is 12.9. The van der Waals surface area contributed by atoms with Crippen LogP contribution in [0.15, 0.2) is 40.1 Å². The Hall–Kier alpha value is -2.08. The number of amides is 1. The van der Waals surface area contributed by atoms with Crippen LogP contribution in [0.1, 0.15) is 50.7 Å². The Kier molecular flexibility index (Phi) is 5.20. The lowest BCUT2D eigenvalue weighted by Gasteiger charge is -2.43. The van der Waals surface area contributed by atoms with E-state index in [4.69, 9.17) is 9.25 Å². The Morgan fingerprint density at radius 3 is 2.90 bits per heavy atom. The molecule has 156 valence electrons. The van der Waals surface area contributed by atoms with Gasteiger partial charge in [0.05, 0.1) is 18.7 Å². The number of hydrogen-bond donors (Lipinski definition) is 1. The van der Waals surface area contributed by atoms with Crippen LogP contribution in [0.4, 0.5) is 0 Å². The lowest BCUT2D eigenvalue weighted by atomic mass is 9.68. The summed E-state index contributed by atoms with van der Waals surface area (Å²) in [7, 11) is 0. The van der Waals surface area contributed by atoms with Gasteiger partial charge in [0.2, 0.25) is 0 Å². The first-order valence-electron chi connectivity index (χ1n) is 11.2. The van der Waals surface area contributed by atoms with E-state index in [2.05, 4.69) is 27.5 Å². The number of hydrogen-bond acceptors (Lipinski definition) is 5. The zero-order valence-corrected chi connectivity index (χ0v) is 17.0. The van der Waals surface area contributed by atoms with Gasteiger partial charge in [0.15, 0.2) is 5.71 Å². The van der Waals surface area contributed by atoms with Gasteiger partial charge in [0.25, 0.3) is 5.91 Å². The molecule has 5 rings (SSSR count). The second-order valence-corrected chi connectivity index (χ2v) is 9.21. The summed E-state index contributed by atoms with van der Waals surface area (Å²) in [5, 5.41) is 7.20. The first-order chi connectivity index (χ1) is 14.2. The molecule has 6 nitrogen and oxygen atoms in total. The topological polar surface area (TPSA) is 67.1 Å². The molecule has 1 aromatic heterocycles. The van der Waals surface area contributed by atoms with Gasteiger partial charge in [-0.3, -0.25) is 4.79 Å². The molecule has 1 amide bonds. The number of rotatable bonds is 5. The highest BCUT2D eigenvalue weighted by atomic mass is 16.6. The van der Waals surface area contributed by atoms with Crippen LogP contribution in [0.5, 0.6) is 0 Å². The van der Waals surface area contributed by atoms with Crippen molar-refractivity contribution in [3.05, 3.63) is 36.3 Å². The number of fused-ring (bicyclic) bond motifs is 2. The van der Waals surface area contributed by atoms with E-state index in [-0.39, 0.29) is 23.3 Å². The molecule has 0 unspecified atom stereocenters. The van der Waals surface area contributed by atoms with Crippen LogP contribution in [0.2, 0.25) is 0 Å². The van der Waals surface area contributed by atoms with Crippen molar-refractivity contribution >= 4 is 11.6 Å². The van der Waals surface area contributed by atoms with Gasteiger partial charge in [0, 0.05) is 6.54 Å². The normalized spacial score (nSPS) is 30.8. The van der Waals surface area contributed by atoms with E-state index >= 15 is 0 Å². The summed E-state index contributed by atoms with van der Waals surface area (Å²) < 4.78 is 5.32. The van der Waals surface area contributed by atoms with Crippen LogP contribution in [0.25, 0.3) is 0 Å². The molecule has 6 heteroatoms. The predicted molar refractivity (Wildman–Crippen MR) is 110 cm³/mol. The molecule has 1 saturated heterocycles. The fourth-order valence-electron chi connectivity index (χ4n) is 5.89. The molecule has 1 saturated carbocycles. The minimum absolute atomic E-state index is 0.0781. The van der Waals surface area contributed by atoms with Crippen LogP contribution in [-0.4, -0.2) is 42.3 Å². The molecule has 1 spiro atoms. The first-order valence-corrected chi connectivity index (χ1v) is 11.2. The quantitative estimate of drug-likeness (QED) is 0.773. The van der Waals surface area contributed by atoms with E-state index < -0.39 is 0 Å². The third kappa shape index (κ3) is 3.75. The molecule has 2 aliphatic heterocycles. The maximum Gasteiger partial charge on any atom is 0.269 e. The standard InChI is InChI=1S/C23H31N3O3/c27-22(24-15-18-7-4-14-28-18)21-20-19(29-25-21)8-9-23(20)10-12-26(13-11-23)16-17-5-2-1-3-6-17/h1-2,4,7,14,17,19-20H,3,5-6,8-13,15-16H2,(H,24,27)/t17-,19+,20-/m1/s1. The van der Waals surface area contributed by atoms with E-state index in [0.29, 0.717) is 12.3 Å². The number of nitrogens with one attached hydrogen (secondary N) is 1. The largest absolute Gasteiger partial charge is 0.467 e. The van der Waals surface area contributed by atoms with Crippen molar-refractivity contribution in [2.75, 3.05) is 19.6 Å². The number of carbonyl (C=O) groups excluding carboxylic acids is 1. The van der Waals surface area contributed by atoms with Crippen molar-refractivity contribution < 1.29 is 14.0 Å². The Morgan fingerprint density at radius 2 is 2.14 bits per heavy atom. The smallest absolute Gasteiger partial charge is 0.269 e. The highest BCUT2D eigenvalue weighted by Crippen LogP contribution is 2.54. The van der Waals surface area contributed by atoms with Gasteiger partial charge < -0.3 is 19.5 Å². The molecular formula is C23H31N3O3. The van der Waals surface area contributed by atoms with E-state index in [1.165, 1.54) is 25.8 Å². The number of allylic oxidation sites excluding steroid dienone is 2. The lowest BCUT2D eigenvalue weighted by molar-refractivity contribution is -0.115. The van der Waals surface area contributed by atoms with Crippen LogP contribution in [-0.2, 0) is 16.2 Å². The van der Waals surface area contributed by atoms with Crippen molar-refractivity contribution in [1.29, 1.82) is 0 Å². The van der Waals surface area contributed by atoms with Gasteiger partial charge in [-0.25, -0.2) is 0 Å². The summed E-state index contributed by atoms with van der Waals surface area (Å²) in [5.41, 5.74) is 0.773. The van der Waals surface area contributed by atoms with Crippen LogP contribution < -0.4 is 5.32 Å². The van der Waals surface area contributed by atoms with Gasteiger partial charge in [-0.15, -0.1) is 0 Å². The highest BCUT2D eigenvalue weighted by Gasteiger charge is 2.57. The zero-order chi connectivity index (χ0) is 19.7. The number of nitrogens with zero attached hydrogens (tertiary/aromatic N) is 2. The number of carbonyl (C=O) groups is 1. The molecule has 1 aromatic rings. The Labute approximate surface area is 172 Å². The number of piperidine rings is 1. The molecule has 29 heavy (non-hydrogen) atoms. The molecule has 4 aliphatic rings. The number of oxime groups is 1. The van der Waals surface area contributed by atoms with E-state index in [9.17, 15) is 4.79 Å². The molecular weight excluding hydrogens is 366 g/mol. The molecule has 0 radical (unpaired) electrons. The van der Waals surface area contributed by atoms with Crippen molar-refractivity contribution in [3.63, 3.8) is 0 Å². The summed E-state index contributed by atoms with van der Waals surface area (Å²) in [6, 6.07) is 3.70. The SMILES string of the molecule is O=C(NCc1ccco1)C1=NO[C@H]2CCC3(CCN(C[C@@H]4CC=CCC4)CC3)[C@@H]12. The molecule has 0 bridgehead atoms. The zero-order valence-electron chi connectivity index (χ0n) is 17.0. The number of furan rings is 1. The van der Waals surface area contributed by atoms with Crippen molar-refractivity contribution in [3.8, 4) is 0 Å². The van der Waals surface area contributed by atoms with Gasteiger partial charge in [0.1, 0.15) is 11.9 Å². The third-order valence-electron chi connectivity index (χ3n) is 7.52. The fourth-order valence-corrected chi connectivity index (χ4v) is 5.89. The Bertz CT molecular complexity index is 777. The predicted octanol–water partition coefficient (Wildman–Crippen LogP) is 3.50. The molecule has 2 aliphatic carbocycles. The lowest BCUT2D eigenvalue weighted by Crippen LogP contribution is -2.48. The molecule has 3 atom stereocenters. The summed E-state index contributed by atoms with van der Waals surface area (Å²) in [6.07, 6.45) is 14.6. The highest BCUT2D eigenvalue weighted by molar-refractivity contribution is 6.40. The summed E-state index contributed by atoms with van der Waals surface area (Å²) >= 11 is 0. The van der Waals surface area contributed by atoms with Gasteiger partial charge in [-0.1, -0.05) is 17.3 Å². The average Bonchev–Trinajstić information content (AvgIpc) is 3.48. The Balaban J connectivity index is 1.20. The van der Waals surface area contributed by atoms with Gasteiger partial charge in [-0.05, 0) is 81.5 Å². The molecule has 0 aromatic carbocycles. The minimum atomic E-state index is -0.105. The minimum Gasteiger partial charge on any atom is -0.467 e. The average molecular weight is 398 g/mol. The van der Waals surface area contributed by atoms with E-state index in [1.54, 1.807) is 6.26 Å². The van der Waals surface area contributed by atoms with Crippen LogP contribution in [0, 0.1) is 17.3 Å². The van der Waals surface area contributed by atoms with Crippen LogP contribution in [0.3, 0.4) is 0 Å². The second kappa shape index (κ2) is 7.98. The van der Waals surface area contributed by atoms with Crippen molar-refractivity contribution in [2.24, 2.45) is 22.4 Å². The van der Waals surface area contributed by atoms with E-state index in [1.807, 2.05) is 12.1 Å². The summed E-state index contributed by atoms with van der Waals surface area (Å²) in [6.45, 7) is 3.86. The van der Waals surface area contributed by atoms with Gasteiger partial charge in [-0.2, -0.15) is 0 Å². The third-order valence-corrected chi connectivity index (χ3v) is 7.52. The number of likely N-dealkylation sites (tertiary alicyclic amines) is 1. The van der Waals surface area contributed by atoms with Crippen LogP contribution >= 0.6 is 0 Å². The molecule has 1 N–H and O–H groups in total. The molecule has 2 fully saturated rings. The Morgan fingerprint density at radius 1 is 1.24 bits per heavy atom. The fraction of sp³-hybridized carbons (Fsp3) is 0.652. The van der Waals surface area contributed by atoms with Crippen molar-refractivity contribution in [1.82, 2.24) is 10.2 Å². The second-order valence-electron chi connectivity index (χ2n) is 9.21. The maximum atomic E-state index is 12.9. The monoisotopic (exact) mass is 397 g/mol. The first kappa shape index (κ1) is 18.9. The van der Waals surface area contributed by atoms with E-state index in [0.717, 1.165) is 50.5 Å². The summed E-state index contributed by atoms with van der Waals surface area (Å²) in [4.78, 5) is 21.2. The van der Waals surface area contributed by atoms with Crippen molar-refractivity contribution in [2.45, 2.75) is 57.6 Å². The molecule has 3 heterocycles.